The lowest BCUT2D eigenvalue weighted by atomic mass is 9.86. The number of urea groups is 1. The molecular weight excluding hydrogens is 308 g/mol. The van der Waals surface area contributed by atoms with Crippen molar-refractivity contribution >= 4 is 12.0 Å². The summed E-state index contributed by atoms with van der Waals surface area (Å²) in [6, 6.07) is 9.54. The highest BCUT2D eigenvalue weighted by Crippen LogP contribution is 2.25. The van der Waals surface area contributed by atoms with Gasteiger partial charge in [0.2, 0.25) is 0 Å². The molecule has 0 aliphatic heterocycles. The zero-order valence-electron chi connectivity index (χ0n) is 14.2. The van der Waals surface area contributed by atoms with Crippen molar-refractivity contribution in [1.82, 2.24) is 10.6 Å². The molecule has 0 radical (unpaired) electrons. The van der Waals surface area contributed by atoms with Gasteiger partial charge in [-0.1, -0.05) is 30.3 Å². The van der Waals surface area contributed by atoms with Gasteiger partial charge in [0.1, 0.15) is 5.60 Å². The van der Waals surface area contributed by atoms with Crippen LogP contribution in [-0.2, 0) is 15.1 Å². The Morgan fingerprint density at radius 2 is 1.83 bits per heavy atom. The fourth-order valence-corrected chi connectivity index (χ4v) is 3.05. The molecule has 3 N–H and O–H groups in total. The monoisotopic (exact) mass is 334 g/mol. The molecule has 1 saturated carbocycles. The predicted molar refractivity (Wildman–Crippen MR) is 90.7 cm³/mol. The number of rotatable bonds is 6. The molecule has 2 amide bonds. The first kappa shape index (κ1) is 18.3. The van der Waals surface area contributed by atoms with Gasteiger partial charge < -0.3 is 20.5 Å². The molecule has 1 aromatic rings. The Bertz CT molecular complexity index is 555. The lowest BCUT2D eigenvalue weighted by molar-refractivity contribution is -0.142. The zero-order chi connectivity index (χ0) is 17.6. The van der Waals surface area contributed by atoms with Gasteiger partial charge in [0.05, 0.1) is 12.5 Å². The number of ether oxygens (including phenoxy) is 1. The predicted octanol–water partition coefficient (Wildman–Crippen LogP) is 2.49. The first-order valence-corrected chi connectivity index (χ1v) is 8.32. The van der Waals surface area contributed by atoms with E-state index in [4.69, 9.17) is 9.84 Å². The number of amides is 2. The summed E-state index contributed by atoms with van der Waals surface area (Å²) < 4.78 is 5.60. The van der Waals surface area contributed by atoms with Crippen LogP contribution in [0.25, 0.3) is 0 Å². The first-order valence-electron chi connectivity index (χ1n) is 8.32. The molecule has 1 unspecified atom stereocenters. The molecule has 1 aromatic carbocycles. The normalized spacial score (nSPS) is 23.1. The van der Waals surface area contributed by atoms with Crippen LogP contribution in [-0.4, -0.2) is 36.8 Å². The van der Waals surface area contributed by atoms with Gasteiger partial charge in [-0.15, -0.1) is 0 Å². The first-order chi connectivity index (χ1) is 11.4. The second-order valence-corrected chi connectivity index (χ2v) is 6.51. The van der Waals surface area contributed by atoms with Crippen molar-refractivity contribution in [3.8, 4) is 0 Å². The molecule has 0 bridgehead atoms. The number of aliphatic carboxylic acids is 1. The zero-order valence-corrected chi connectivity index (χ0v) is 14.2. The maximum atomic E-state index is 12.1. The fourth-order valence-electron chi connectivity index (χ4n) is 3.05. The van der Waals surface area contributed by atoms with Crippen molar-refractivity contribution in [3.05, 3.63) is 35.9 Å². The van der Waals surface area contributed by atoms with E-state index < -0.39 is 11.6 Å². The second kappa shape index (κ2) is 8.15. The number of hydrogen-bond acceptors (Lipinski definition) is 3. The summed E-state index contributed by atoms with van der Waals surface area (Å²) >= 11 is 0. The highest BCUT2D eigenvalue weighted by molar-refractivity contribution is 5.74. The summed E-state index contributed by atoms with van der Waals surface area (Å²) in [7, 11) is 1.62. The summed E-state index contributed by atoms with van der Waals surface area (Å²) in [5.74, 6) is -1.02. The minimum atomic E-state index is -0.739. The van der Waals surface area contributed by atoms with Crippen molar-refractivity contribution in [2.24, 2.45) is 5.92 Å². The van der Waals surface area contributed by atoms with E-state index in [1.807, 2.05) is 37.3 Å². The molecule has 1 aliphatic carbocycles. The Hall–Kier alpha value is -2.08. The van der Waals surface area contributed by atoms with E-state index >= 15 is 0 Å². The van der Waals surface area contributed by atoms with E-state index in [0.29, 0.717) is 32.2 Å². The third kappa shape index (κ3) is 4.71. The third-order valence-electron chi connectivity index (χ3n) is 4.83. The van der Waals surface area contributed by atoms with E-state index in [1.165, 1.54) is 0 Å². The number of methoxy groups -OCH3 is 1. The molecule has 0 spiro atoms. The number of benzene rings is 1. The van der Waals surface area contributed by atoms with E-state index in [0.717, 1.165) is 5.56 Å². The Labute approximate surface area is 142 Å². The van der Waals surface area contributed by atoms with Gasteiger partial charge in [0.15, 0.2) is 0 Å². The minimum absolute atomic E-state index is 0.0335. The van der Waals surface area contributed by atoms with Gasteiger partial charge in [0.25, 0.3) is 0 Å². The van der Waals surface area contributed by atoms with E-state index in [-0.39, 0.29) is 18.0 Å². The molecule has 0 saturated heterocycles. The second-order valence-electron chi connectivity index (χ2n) is 6.51. The third-order valence-corrected chi connectivity index (χ3v) is 4.83. The van der Waals surface area contributed by atoms with Gasteiger partial charge in [-0.05, 0) is 38.2 Å². The summed E-state index contributed by atoms with van der Waals surface area (Å²) in [6.07, 6.45) is 2.62. The summed E-state index contributed by atoms with van der Waals surface area (Å²) in [4.78, 5) is 23.1. The Morgan fingerprint density at radius 1 is 1.21 bits per heavy atom. The van der Waals surface area contributed by atoms with Crippen LogP contribution in [0.5, 0.6) is 0 Å². The van der Waals surface area contributed by atoms with Crippen LogP contribution in [0.2, 0.25) is 0 Å². The van der Waals surface area contributed by atoms with Gasteiger partial charge in [-0.2, -0.15) is 0 Å². The van der Waals surface area contributed by atoms with E-state index in [2.05, 4.69) is 10.6 Å². The molecule has 6 heteroatoms. The molecule has 24 heavy (non-hydrogen) atoms. The molecule has 6 nitrogen and oxygen atoms in total. The number of carboxylic acid groups (broad SMARTS) is 1. The van der Waals surface area contributed by atoms with E-state index in [1.54, 1.807) is 7.11 Å². The van der Waals surface area contributed by atoms with Crippen molar-refractivity contribution in [1.29, 1.82) is 0 Å². The number of carbonyl (C=O) groups is 2. The number of nitrogens with one attached hydrogen (secondary N) is 2. The van der Waals surface area contributed by atoms with Crippen LogP contribution in [0.1, 0.15) is 38.2 Å². The highest BCUT2D eigenvalue weighted by Gasteiger charge is 2.29. The van der Waals surface area contributed by atoms with Gasteiger partial charge >= 0.3 is 12.0 Å². The molecular formula is C18H26N2O4. The molecule has 1 atom stereocenters. The minimum Gasteiger partial charge on any atom is -0.481 e. The highest BCUT2D eigenvalue weighted by atomic mass is 16.5. The Balaban J connectivity index is 1.81. The quantitative estimate of drug-likeness (QED) is 0.746. The lowest BCUT2D eigenvalue weighted by Crippen LogP contribution is -2.48. The van der Waals surface area contributed by atoms with Crippen molar-refractivity contribution < 1.29 is 19.4 Å². The van der Waals surface area contributed by atoms with E-state index in [9.17, 15) is 9.59 Å². The summed E-state index contributed by atoms with van der Waals surface area (Å²) in [5, 5.41) is 14.8. The van der Waals surface area contributed by atoms with Crippen molar-refractivity contribution in [3.63, 3.8) is 0 Å². The van der Waals surface area contributed by atoms with Crippen LogP contribution in [0.3, 0.4) is 0 Å². The summed E-state index contributed by atoms with van der Waals surface area (Å²) in [5.41, 5.74) is 0.398. The molecule has 0 aromatic heterocycles. The van der Waals surface area contributed by atoms with Gasteiger partial charge in [-0.25, -0.2) is 4.79 Å². The number of hydrogen-bond donors (Lipinski definition) is 3. The molecule has 0 heterocycles. The molecule has 132 valence electrons. The van der Waals surface area contributed by atoms with Crippen molar-refractivity contribution in [2.75, 3.05) is 13.7 Å². The molecule has 2 rings (SSSR count). The fraction of sp³-hybridized carbons (Fsp3) is 0.556. The van der Waals surface area contributed by atoms with Crippen LogP contribution in [0.15, 0.2) is 30.3 Å². The SMILES string of the molecule is COC(C)(CNC(=O)NC1CCC(C(=O)O)CC1)c1ccccc1. The number of carboxylic acids is 1. The molecule has 1 fully saturated rings. The average molecular weight is 334 g/mol. The largest absolute Gasteiger partial charge is 0.481 e. The standard InChI is InChI=1S/C18H26N2O4/c1-18(24-2,14-6-4-3-5-7-14)12-19-17(23)20-15-10-8-13(9-11-15)16(21)22/h3-7,13,15H,8-12H2,1-2H3,(H,21,22)(H2,19,20,23). The average Bonchev–Trinajstić information content (AvgIpc) is 2.61. The maximum Gasteiger partial charge on any atom is 0.315 e. The topological polar surface area (TPSA) is 87.7 Å². The van der Waals surface area contributed by atoms with Crippen LogP contribution in [0.4, 0.5) is 4.79 Å². The Kier molecular flexibility index (Phi) is 6.20. The van der Waals surface area contributed by atoms with Gasteiger partial charge in [-0.3, -0.25) is 4.79 Å². The number of carbonyl (C=O) groups excluding carboxylic acids is 1. The summed E-state index contributed by atoms with van der Waals surface area (Å²) in [6.45, 7) is 2.28. The lowest BCUT2D eigenvalue weighted by Gasteiger charge is -2.30. The maximum absolute atomic E-state index is 12.1. The van der Waals surface area contributed by atoms with Gasteiger partial charge in [0, 0.05) is 13.2 Å². The Morgan fingerprint density at radius 3 is 2.38 bits per heavy atom. The van der Waals surface area contributed by atoms with Crippen molar-refractivity contribution in [2.45, 2.75) is 44.2 Å². The van der Waals surface area contributed by atoms with Crippen LogP contribution < -0.4 is 10.6 Å². The van der Waals surface area contributed by atoms with Crippen LogP contribution in [0, 0.1) is 5.92 Å². The smallest absolute Gasteiger partial charge is 0.315 e. The van der Waals surface area contributed by atoms with Crippen LogP contribution >= 0.6 is 0 Å². The molecule has 1 aliphatic rings.